The molecule has 0 radical (unpaired) electrons. The first-order chi connectivity index (χ1) is 11.7. The second-order valence-corrected chi connectivity index (χ2v) is 6.88. The molecular weight excluding hydrogens is 306 g/mol. The molecule has 0 aromatic carbocycles. The summed E-state index contributed by atoms with van der Waals surface area (Å²) in [6, 6.07) is 2.42. The summed E-state index contributed by atoms with van der Waals surface area (Å²) in [6.45, 7) is 2.93. The van der Waals surface area contributed by atoms with E-state index < -0.39 is 0 Å². The Hall–Kier alpha value is -1.99. The lowest BCUT2D eigenvalue weighted by Crippen LogP contribution is -2.36. The van der Waals surface area contributed by atoms with Crippen LogP contribution in [0.2, 0.25) is 0 Å². The van der Waals surface area contributed by atoms with Crippen molar-refractivity contribution in [3.05, 3.63) is 36.4 Å². The van der Waals surface area contributed by atoms with E-state index in [9.17, 15) is 5.11 Å². The van der Waals surface area contributed by atoms with Gasteiger partial charge in [0, 0.05) is 50.0 Å². The molecule has 3 heterocycles. The highest BCUT2D eigenvalue weighted by molar-refractivity contribution is 5.08. The van der Waals surface area contributed by atoms with Gasteiger partial charge in [0.25, 0.3) is 0 Å². The SMILES string of the molecule is COc1ncc(CN2C[C@H]3C[C@@H](n4cccn4)[C@H](O)C[C@H]3C2)cn1. The highest BCUT2D eigenvalue weighted by atomic mass is 16.5. The molecule has 0 spiro atoms. The third-order valence-electron chi connectivity index (χ3n) is 5.32. The third kappa shape index (κ3) is 3.01. The zero-order valence-electron chi connectivity index (χ0n) is 13.8. The fourth-order valence-electron chi connectivity index (χ4n) is 4.18. The van der Waals surface area contributed by atoms with Crippen LogP contribution in [0.1, 0.15) is 24.4 Å². The van der Waals surface area contributed by atoms with E-state index in [0.717, 1.165) is 38.0 Å². The molecule has 128 valence electrons. The molecular formula is C17H23N5O2. The van der Waals surface area contributed by atoms with Crippen LogP contribution in [0.5, 0.6) is 6.01 Å². The summed E-state index contributed by atoms with van der Waals surface area (Å²) in [5.74, 6) is 1.17. The first-order valence-corrected chi connectivity index (χ1v) is 8.47. The molecule has 1 saturated heterocycles. The van der Waals surface area contributed by atoms with Gasteiger partial charge in [-0.25, -0.2) is 9.97 Å². The van der Waals surface area contributed by atoms with Gasteiger partial charge in [-0.05, 0) is 30.7 Å². The van der Waals surface area contributed by atoms with Gasteiger partial charge in [0.1, 0.15) is 0 Å². The van der Waals surface area contributed by atoms with E-state index in [2.05, 4.69) is 20.0 Å². The molecule has 2 aliphatic rings. The lowest BCUT2D eigenvalue weighted by molar-refractivity contribution is 0.0306. The number of likely N-dealkylation sites (tertiary alicyclic amines) is 1. The minimum atomic E-state index is -0.310. The molecule has 2 aromatic heterocycles. The molecule has 4 atom stereocenters. The summed E-state index contributed by atoms with van der Waals surface area (Å²) in [4.78, 5) is 10.8. The van der Waals surface area contributed by atoms with Crippen molar-refractivity contribution in [2.24, 2.45) is 11.8 Å². The van der Waals surface area contributed by atoms with Crippen molar-refractivity contribution in [1.82, 2.24) is 24.6 Å². The van der Waals surface area contributed by atoms with Gasteiger partial charge in [-0.15, -0.1) is 0 Å². The Morgan fingerprint density at radius 2 is 1.96 bits per heavy atom. The number of fused-ring (bicyclic) bond motifs is 1. The van der Waals surface area contributed by atoms with Crippen molar-refractivity contribution in [2.45, 2.75) is 31.5 Å². The van der Waals surface area contributed by atoms with Crippen molar-refractivity contribution in [2.75, 3.05) is 20.2 Å². The molecule has 2 aromatic rings. The minimum Gasteiger partial charge on any atom is -0.467 e. The first-order valence-electron chi connectivity index (χ1n) is 8.47. The molecule has 1 aliphatic heterocycles. The van der Waals surface area contributed by atoms with Gasteiger partial charge in [0.05, 0.1) is 19.3 Å². The van der Waals surface area contributed by atoms with E-state index in [1.165, 1.54) is 0 Å². The van der Waals surface area contributed by atoms with Gasteiger partial charge in [-0.1, -0.05) is 0 Å². The van der Waals surface area contributed by atoms with Crippen LogP contribution in [0.3, 0.4) is 0 Å². The summed E-state index contributed by atoms with van der Waals surface area (Å²) in [6.07, 6.45) is 8.92. The smallest absolute Gasteiger partial charge is 0.316 e. The van der Waals surface area contributed by atoms with Crippen LogP contribution < -0.4 is 4.74 Å². The highest BCUT2D eigenvalue weighted by Gasteiger charge is 2.42. The number of aliphatic hydroxyl groups excluding tert-OH is 1. The molecule has 7 heteroatoms. The van der Waals surface area contributed by atoms with E-state index in [0.29, 0.717) is 17.8 Å². The number of hydrogen-bond acceptors (Lipinski definition) is 6. The fraction of sp³-hybridized carbons (Fsp3) is 0.588. The second-order valence-electron chi connectivity index (χ2n) is 6.88. The molecule has 1 N–H and O–H groups in total. The minimum absolute atomic E-state index is 0.102. The van der Waals surface area contributed by atoms with E-state index in [-0.39, 0.29) is 12.1 Å². The van der Waals surface area contributed by atoms with E-state index in [1.807, 2.05) is 29.3 Å². The van der Waals surface area contributed by atoms with Crippen molar-refractivity contribution in [1.29, 1.82) is 0 Å². The molecule has 7 nitrogen and oxygen atoms in total. The lowest BCUT2D eigenvalue weighted by atomic mass is 9.77. The van der Waals surface area contributed by atoms with Gasteiger partial charge in [-0.2, -0.15) is 5.10 Å². The van der Waals surface area contributed by atoms with E-state index in [1.54, 1.807) is 13.3 Å². The number of methoxy groups -OCH3 is 1. The maximum Gasteiger partial charge on any atom is 0.316 e. The van der Waals surface area contributed by atoms with Crippen LogP contribution in [-0.4, -0.2) is 56.1 Å². The predicted molar refractivity (Wildman–Crippen MR) is 87.3 cm³/mol. The van der Waals surface area contributed by atoms with Crippen molar-refractivity contribution in [3.8, 4) is 6.01 Å². The third-order valence-corrected chi connectivity index (χ3v) is 5.32. The van der Waals surface area contributed by atoms with Crippen molar-refractivity contribution in [3.63, 3.8) is 0 Å². The molecule has 0 bridgehead atoms. The average Bonchev–Trinajstić information content (AvgIpc) is 3.23. The fourth-order valence-corrected chi connectivity index (χ4v) is 4.18. The Morgan fingerprint density at radius 3 is 2.62 bits per heavy atom. The normalized spacial score (nSPS) is 30.2. The number of hydrogen-bond donors (Lipinski definition) is 1. The Balaban J connectivity index is 1.40. The maximum atomic E-state index is 10.5. The molecule has 1 aliphatic carbocycles. The number of aromatic nitrogens is 4. The standard InChI is InChI=1S/C17H23N5O2/c1-24-17-18-7-12(8-19-17)9-21-10-13-5-15(22-4-2-3-20-22)16(23)6-14(13)11-21/h2-4,7-8,13-16,23H,5-6,9-11H2,1H3/t13-,14+,15-,16-/m1/s1. The Morgan fingerprint density at radius 1 is 1.21 bits per heavy atom. The molecule has 4 rings (SSSR count). The summed E-state index contributed by atoms with van der Waals surface area (Å²) >= 11 is 0. The average molecular weight is 329 g/mol. The summed E-state index contributed by atoms with van der Waals surface area (Å²) in [5, 5.41) is 14.8. The topological polar surface area (TPSA) is 76.3 Å². The van der Waals surface area contributed by atoms with Gasteiger partial charge < -0.3 is 9.84 Å². The number of nitrogens with zero attached hydrogens (tertiary/aromatic N) is 5. The van der Waals surface area contributed by atoms with E-state index in [4.69, 9.17) is 4.74 Å². The quantitative estimate of drug-likeness (QED) is 0.906. The van der Waals surface area contributed by atoms with Crippen molar-refractivity contribution >= 4 is 0 Å². The van der Waals surface area contributed by atoms with Crippen molar-refractivity contribution < 1.29 is 9.84 Å². The number of aliphatic hydroxyl groups is 1. The summed E-state index contributed by atoms with van der Waals surface area (Å²) < 4.78 is 6.92. The van der Waals surface area contributed by atoms with Crippen LogP contribution in [0.15, 0.2) is 30.9 Å². The predicted octanol–water partition coefficient (Wildman–Crippen LogP) is 1.13. The van der Waals surface area contributed by atoms with Gasteiger partial charge >= 0.3 is 6.01 Å². The Labute approximate surface area is 141 Å². The van der Waals surface area contributed by atoms with Crippen LogP contribution in [-0.2, 0) is 6.54 Å². The Bertz CT molecular complexity index is 660. The molecule has 0 amide bonds. The highest BCUT2D eigenvalue weighted by Crippen LogP contribution is 2.41. The summed E-state index contributed by atoms with van der Waals surface area (Å²) in [7, 11) is 1.57. The molecule has 2 fully saturated rings. The molecule has 1 saturated carbocycles. The first kappa shape index (κ1) is 15.5. The van der Waals surface area contributed by atoms with Crippen LogP contribution >= 0.6 is 0 Å². The van der Waals surface area contributed by atoms with Gasteiger partial charge in [-0.3, -0.25) is 9.58 Å². The monoisotopic (exact) mass is 329 g/mol. The van der Waals surface area contributed by atoms with Crippen LogP contribution in [0.4, 0.5) is 0 Å². The number of ether oxygens (including phenoxy) is 1. The molecule has 24 heavy (non-hydrogen) atoms. The van der Waals surface area contributed by atoms with Gasteiger partial charge in [0.2, 0.25) is 0 Å². The Kier molecular flexibility index (Phi) is 4.20. The molecule has 0 unspecified atom stereocenters. The van der Waals surface area contributed by atoms with Gasteiger partial charge in [0.15, 0.2) is 0 Å². The maximum absolute atomic E-state index is 10.5. The number of rotatable bonds is 4. The summed E-state index contributed by atoms with van der Waals surface area (Å²) in [5.41, 5.74) is 1.10. The zero-order chi connectivity index (χ0) is 16.5. The lowest BCUT2D eigenvalue weighted by Gasteiger charge is -2.35. The second kappa shape index (κ2) is 6.49. The zero-order valence-corrected chi connectivity index (χ0v) is 13.8. The largest absolute Gasteiger partial charge is 0.467 e. The van der Waals surface area contributed by atoms with Crippen LogP contribution in [0, 0.1) is 11.8 Å². The van der Waals surface area contributed by atoms with E-state index >= 15 is 0 Å². The van der Waals surface area contributed by atoms with Crippen LogP contribution in [0.25, 0.3) is 0 Å².